The second kappa shape index (κ2) is 12.3. The topological polar surface area (TPSA) is 58.7 Å². The highest BCUT2D eigenvalue weighted by Crippen LogP contribution is 2.24. The predicted molar refractivity (Wildman–Crippen MR) is 82.7 cm³/mol. The molecule has 1 rings (SSSR count). The van der Waals surface area contributed by atoms with Gasteiger partial charge >= 0.3 is 6.36 Å². The fourth-order valence-corrected chi connectivity index (χ4v) is 1.34. The van der Waals surface area contributed by atoms with Crippen LogP contribution in [0.1, 0.15) is 32.4 Å². The van der Waals surface area contributed by atoms with E-state index in [1.807, 2.05) is 20.8 Å². The van der Waals surface area contributed by atoms with E-state index < -0.39 is 12.5 Å². The van der Waals surface area contributed by atoms with Crippen LogP contribution in [-0.2, 0) is 0 Å². The van der Waals surface area contributed by atoms with E-state index in [2.05, 4.69) is 4.74 Å². The molecule has 0 saturated heterocycles. The van der Waals surface area contributed by atoms with Gasteiger partial charge in [-0.3, -0.25) is 0 Å². The van der Waals surface area contributed by atoms with E-state index in [0.717, 1.165) is 6.54 Å². The molecule has 0 fully saturated rings. The Morgan fingerprint density at radius 2 is 1.59 bits per heavy atom. The Kier molecular flexibility index (Phi) is 12.8. The molecule has 22 heavy (non-hydrogen) atoms. The maximum absolute atomic E-state index is 11.9. The van der Waals surface area contributed by atoms with Crippen LogP contribution in [-0.4, -0.2) is 43.6 Å². The third kappa shape index (κ3) is 12.4. The Morgan fingerprint density at radius 1 is 1.18 bits per heavy atom. The van der Waals surface area contributed by atoms with Gasteiger partial charge in [-0.2, -0.15) is 0 Å². The summed E-state index contributed by atoms with van der Waals surface area (Å²) in [6.45, 7) is 7.06. The molecule has 4 nitrogen and oxygen atoms in total. The molecule has 7 heteroatoms. The number of rotatable bonds is 4. The molecule has 0 saturated carbocycles. The number of ether oxygens (including phenoxy) is 1. The number of hydrogen-bond acceptors (Lipinski definition) is 4. The highest BCUT2D eigenvalue weighted by molar-refractivity contribution is 5.28. The van der Waals surface area contributed by atoms with Gasteiger partial charge in [-0.05, 0) is 38.3 Å². The number of aliphatic hydroxyl groups is 1. The molecule has 0 bridgehead atoms. The van der Waals surface area contributed by atoms with Crippen molar-refractivity contribution in [3.63, 3.8) is 0 Å². The van der Waals surface area contributed by atoms with Crippen molar-refractivity contribution in [3.05, 3.63) is 29.8 Å². The second-order valence-corrected chi connectivity index (χ2v) is 4.30. The molecule has 0 aromatic heterocycles. The van der Waals surface area contributed by atoms with Crippen molar-refractivity contribution < 1.29 is 23.0 Å². The van der Waals surface area contributed by atoms with Gasteiger partial charge in [0.05, 0.1) is 6.10 Å². The largest absolute Gasteiger partial charge is 0.573 e. The summed E-state index contributed by atoms with van der Waals surface area (Å²) < 4.78 is 39.4. The van der Waals surface area contributed by atoms with Gasteiger partial charge in [0.25, 0.3) is 0 Å². The van der Waals surface area contributed by atoms with Gasteiger partial charge in [-0.25, -0.2) is 0 Å². The molecule has 0 aliphatic rings. The first-order chi connectivity index (χ1) is 10.2. The molecule has 0 aliphatic carbocycles. The molecule has 130 valence electrons. The molecule has 0 heterocycles. The highest BCUT2D eigenvalue weighted by atomic mass is 19.4. The van der Waals surface area contributed by atoms with E-state index in [9.17, 15) is 18.3 Å². The van der Waals surface area contributed by atoms with Crippen molar-refractivity contribution in [2.45, 2.75) is 33.2 Å². The maximum Gasteiger partial charge on any atom is 0.573 e. The second-order valence-electron chi connectivity index (χ2n) is 4.30. The summed E-state index contributed by atoms with van der Waals surface area (Å²) in [5, 5.41) is 9.71. The van der Waals surface area contributed by atoms with Crippen LogP contribution in [0.3, 0.4) is 0 Å². The zero-order chi connectivity index (χ0) is 17.8. The van der Waals surface area contributed by atoms with Crippen molar-refractivity contribution in [1.29, 1.82) is 0 Å². The van der Waals surface area contributed by atoms with E-state index in [0.29, 0.717) is 12.1 Å². The zero-order valence-corrected chi connectivity index (χ0v) is 13.8. The molecule has 1 unspecified atom stereocenters. The van der Waals surface area contributed by atoms with Crippen LogP contribution >= 0.6 is 0 Å². The molecule has 0 spiro atoms. The summed E-state index contributed by atoms with van der Waals surface area (Å²) in [7, 11) is 3.59. The summed E-state index contributed by atoms with van der Waals surface area (Å²) in [4.78, 5) is 1.78. The Hall–Kier alpha value is -1.31. The van der Waals surface area contributed by atoms with Gasteiger partial charge in [-0.15, -0.1) is 13.2 Å². The smallest absolute Gasteiger partial charge is 0.406 e. The molecule has 1 aromatic carbocycles. The average Bonchev–Trinajstić information content (AvgIpc) is 2.40. The van der Waals surface area contributed by atoms with E-state index in [-0.39, 0.29) is 5.75 Å². The molecule has 1 aromatic rings. The van der Waals surface area contributed by atoms with Crippen LogP contribution in [0.2, 0.25) is 0 Å². The van der Waals surface area contributed by atoms with Crippen molar-refractivity contribution in [2.75, 3.05) is 27.2 Å². The van der Waals surface area contributed by atoms with Gasteiger partial charge in [0.2, 0.25) is 0 Å². The molecule has 0 aliphatic heterocycles. The number of nitrogens with zero attached hydrogens (tertiary/aromatic N) is 1. The third-order valence-electron chi connectivity index (χ3n) is 2.04. The fraction of sp³-hybridized carbons (Fsp3) is 0.600. The SMILES string of the molecule is CC.CCN.CN(C)CC(O)c1ccc(OC(F)(F)F)cc1. The zero-order valence-electron chi connectivity index (χ0n) is 13.8. The highest BCUT2D eigenvalue weighted by Gasteiger charge is 2.31. The first-order valence-electron chi connectivity index (χ1n) is 7.08. The number of benzene rings is 1. The number of nitrogens with two attached hydrogens (primary N) is 1. The molecule has 0 radical (unpaired) electrons. The van der Waals surface area contributed by atoms with Crippen LogP contribution < -0.4 is 10.5 Å². The number of halogens is 3. The van der Waals surface area contributed by atoms with Crippen LogP contribution in [0.5, 0.6) is 5.75 Å². The summed E-state index contributed by atoms with van der Waals surface area (Å²) in [6.07, 6.45) is -5.42. The van der Waals surface area contributed by atoms with Gasteiger partial charge in [0, 0.05) is 6.54 Å². The van der Waals surface area contributed by atoms with Crippen molar-refractivity contribution in [1.82, 2.24) is 4.90 Å². The Labute approximate surface area is 130 Å². The minimum absolute atomic E-state index is 0.293. The first kappa shape index (κ1) is 23.0. The van der Waals surface area contributed by atoms with Gasteiger partial charge < -0.3 is 20.5 Å². The third-order valence-corrected chi connectivity index (χ3v) is 2.04. The standard InChI is InChI=1S/C11H14F3NO2.C2H7N.C2H6/c1-15(2)7-10(16)8-3-5-9(6-4-8)17-11(12,13)14;1-2-3;1-2/h3-6,10,16H,7H2,1-2H3;2-3H2,1H3;1-2H3. The van der Waals surface area contributed by atoms with Crippen LogP contribution in [0.4, 0.5) is 13.2 Å². The van der Waals surface area contributed by atoms with Crippen LogP contribution in [0.15, 0.2) is 24.3 Å². The normalized spacial score (nSPS) is 11.8. The van der Waals surface area contributed by atoms with Crippen molar-refractivity contribution >= 4 is 0 Å². The molecule has 0 amide bonds. The van der Waals surface area contributed by atoms with E-state index >= 15 is 0 Å². The summed E-state index contributed by atoms with van der Waals surface area (Å²) >= 11 is 0. The lowest BCUT2D eigenvalue weighted by Gasteiger charge is -2.16. The number of alkyl halides is 3. The van der Waals surface area contributed by atoms with E-state index in [1.165, 1.54) is 24.3 Å². The lowest BCUT2D eigenvalue weighted by molar-refractivity contribution is -0.274. The van der Waals surface area contributed by atoms with Crippen LogP contribution in [0.25, 0.3) is 0 Å². The lowest BCUT2D eigenvalue weighted by Crippen LogP contribution is -2.20. The Balaban J connectivity index is 0. The number of likely N-dealkylation sites (N-methyl/N-ethyl adjacent to an activating group) is 1. The quantitative estimate of drug-likeness (QED) is 0.893. The monoisotopic (exact) mass is 324 g/mol. The van der Waals surface area contributed by atoms with Gasteiger partial charge in [-0.1, -0.05) is 32.9 Å². The Bertz CT molecular complexity index is 368. The molecule has 1 atom stereocenters. The van der Waals surface area contributed by atoms with Crippen LogP contribution in [0, 0.1) is 0 Å². The summed E-state index contributed by atoms with van der Waals surface area (Å²) in [6, 6.07) is 5.19. The first-order valence-corrected chi connectivity index (χ1v) is 7.08. The number of hydrogen-bond donors (Lipinski definition) is 2. The summed E-state index contributed by atoms with van der Waals surface area (Å²) in [5.74, 6) is -0.293. The van der Waals surface area contributed by atoms with E-state index in [4.69, 9.17) is 5.73 Å². The van der Waals surface area contributed by atoms with E-state index in [1.54, 1.807) is 19.0 Å². The molecular weight excluding hydrogens is 297 g/mol. The minimum Gasteiger partial charge on any atom is -0.406 e. The Morgan fingerprint density at radius 3 is 1.91 bits per heavy atom. The number of aliphatic hydroxyl groups excluding tert-OH is 1. The fourth-order valence-electron chi connectivity index (χ4n) is 1.34. The van der Waals surface area contributed by atoms with Crippen molar-refractivity contribution in [2.24, 2.45) is 5.73 Å². The molecule has 3 N–H and O–H groups in total. The predicted octanol–water partition coefficient (Wildman–Crippen LogP) is 3.17. The van der Waals surface area contributed by atoms with Gasteiger partial charge in [0.1, 0.15) is 5.75 Å². The maximum atomic E-state index is 11.9. The minimum atomic E-state index is -4.69. The van der Waals surface area contributed by atoms with Crippen molar-refractivity contribution in [3.8, 4) is 5.75 Å². The van der Waals surface area contributed by atoms with Gasteiger partial charge in [0.15, 0.2) is 0 Å². The summed E-state index contributed by atoms with van der Waals surface area (Å²) in [5.41, 5.74) is 5.40. The molecular formula is C15H27F3N2O2. The lowest BCUT2D eigenvalue weighted by atomic mass is 10.1. The average molecular weight is 324 g/mol.